The van der Waals surface area contributed by atoms with Gasteiger partial charge in [-0.2, -0.15) is 0 Å². The maximum Gasteiger partial charge on any atom is 0.297 e. The van der Waals surface area contributed by atoms with Gasteiger partial charge in [-0.05, 0) is 61.2 Å². The number of nitro groups is 1. The molecule has 0 N–H and O–H groups in total. The van der Waals surface area contributed by atoms with Crippen molar-refractivity contribution in [3.63, 3.8) is 0 Å². The molecule has 1 aliphatic rings. The van der Waals surface area contributed by atoms with Crippen molar-refractivity contribution in [3.8, 4) is 0 Å². The Balaban J connectivity index is 1.78. The zero-order valence-electron chi connectivity index (χ0n) is 18.0. The van der Waals surface area contributed by atoms with Gasteiger partial charge in [0.15, 0.2) is 5.43 Å². The summed E-state index contributed by atoms with van der Waals surface area (Å²) in [6.45, 7) is 5.74. The first-order valence-electron chi connectivity index (χ1n) is 10.3. The number of benzene rings is 2. The van der Waals surface area contributed by atoms with Crippen LogP contribution in [0.5, 0.6) is 0 Å². The number of anilines is 1. The van der Waals surface area contributed by atoms with Crippen LogP contribution in [-0.4, -0.2) is 21.0 Å². The molecular weight excluding hydrogens is 444 g/mol. The fourth-order valence-corrected chi connectivity index (χ4v) is 4.81. The third kappa shape index (κ3) is 3.21. The number of aryl methyl sites for hydroxylation is 3. The number of rotatable bonds is 4. The Morgan fingerprint density at radius 3 is 2.45 bits per heavy atom. The van der Waals surface area contributed by atoms with Crippen LogP contribution in [0.25, 0.3) is 11.0 Å². The van der Waals surface area contributed by atoms with Crippen molar-refractivity contribution in [2.24, 2.45) is 0 Å². The van der Waals surface area contributed by atoms with E-state index in [0.29, 0.717) is 28.1 Å². The molecule has 1 atom stereocenters. The van der Waals surface area contributed by atoms with E-state index in [4.69, 9.17) is 4.42 Å². The van der Waals surface area contributed by atoms with E-state index in [0.717, 1.165) is 16.1 Å². The summed E-state index contributed by atoms with van der Waals surface area (Å²) in [6, 6.07) is 8.47. The van der Waals surface area contributed by atoms with Crippen molar-refractivity contribution in [2.45, 2.75) is 33.2 Å². The number of aromatic nitrogens is 2. The Hall–Kier alpha value is -3.92. The number of fused-ring (bicyclic) bond motifs is 2. The lowest BCUT2D eigenvalue weighted by molar-refractivity contribution is -0.384. The molecule has 1 amide bonds. The zero-order valence-corrected chi connectivity index (χ0v) is 18.8. The number of carbonyl (C=O) groups is 1. The average Bonchev–Trinajstić information content (AvgIpc) is 3.38. The summed E-state index contributed by atoms with van der Waals surface area (Å²) in [7, 11) is 0. The SMILES string of the molecule is CCc1nnc(N2C(=O)c3oc4cc(C)c(C)cc4c(=O)c3[C@H]2c2ccc([N+](=O)[O-])cc2)s1. The number of nitrogens with zero attached hydrogens (tertiary/aromatic N) is 4. The Kier molecular flexibility index (Phi) is 4.82. The maximum atomic E-state index is 13.6. The van der Waals surface area contributed by atoms with Crippen molar-refractivity contribution in [1.29, 1.82) is 0 Å². The molecule has 5 rings (SSSR count). The first kappa shape index (κ1) is 21.0. The minimum absolute atomic E-state index is 0.0487. The molecule has 2 aromatic carbocycles. The van der Waals surface area contributed by atoms with Gasteiger partial charge in [-0.25, -0.2) is 0 Å². The van der Waals surface area contributed by atoms with E-state index in [2.05, 4.69) is 10.2 Å². The van der Waals surface area contributed by atoms with Crippen LogP contribution >= 0.6 is 11.3 Å². The molecule has 0 bridgehead atoms. The predicted molar refractivity (Wildman–Crippen MR) is 123 cm³/mol. The Bertz CT molecular complexity index is 1510. The van der Waals surface area contributed by atoms with Gasteiger partial charge in [0.1, 0.15) is 10.6 Å². The topological polar surface area (TPSA) is 119 Å². The lowest BCUT2D eigenvalue weighted by Crippen LogP contribution is -2.29. The number of carbonyl (C=O) groups excluding carboxylic acids is 1. The molecule has 0 saturated heterocycles. The Morgan fingerprint density at radius 2 is 1.82 bits per heavy atom. The van der Waals surface area contributed by atoms with Gasteiger partial charge in [-0.1, -0.05) is 18.3 Å². The first-order valence-corrected chi connectivity index (χ1v) is 11.1. The molecule has 0 saturated carbocycles. The van der Waals surface area contributed by atoms with E-state index in [9.17, 15) is 19.7 Å². The van der Waals surface area contributed by atoms with E-state index in [1.807, 2.05) is 20.8 Å². The monoisotopic (exact) mass is 462 g/mol. The number of amides is 1. The van der Waals surface area contributed by atoms with Crippen LogP contribution < -0.4 is 10.3 Å². The van der Waals surface area contributed by atoms with Gasteiger partial charge in [0.2, 0.25) is 10.9 Å². The average molecular weight is 462 g/mol. The highest BCUT2D eigenvalue weighted by Gasteiger charge is 2.45. The summed E-state index contributed by atoms with van der Waals surface area (Å²) in [5.41, 5.74) is 2.54. The fraction of sp³-hybridized carbons (Fsp3) is 0.217. The van der Waals surface area contributed by atoms with Crippen LogP contribution in [0.4, 0.5) is 10.8 Å². The van der Waals surface area contributed by atoms with Crippen LogP contribution in [0.3, 0.4) is 0 Å². The van der Waals surface area contributed by atoms with Gasteiger partial charge in [0, 0.05) is 12.1 Å². The van der Waals surface area contributed by atoms with Crippen LogP contribution in [0.2, 0.25) is 0 Å². The molecule has 10 heteroatoms. The molecule has 3 heterocycles. The number of hydrogen-bond acceptors (Lipinski definition) is 8. The van der Waals surface area contributed by atoms with E-state index in [-0.39, 0.29) is 22.4 Å². The quantitative estimate of drug-likeness (QED) is 0.324. The molecule has 4 aromatic rings. The lowest BCUT2D eigenvalue weighted by Gasteiger charge is -2.21. The smallest absolute Gasteiger partial charge is 0.297 e. The van der Waals surface area contributed by atoms with Crippen LogP contribution in [-0.2, 0) is 6.42 Å². The largest absolute Gasteiger partial charge is 0.450 e. The molecular formula is C23H18N4O5S. The van der Waals surface area contributed by atoms with Crippen molar-refractivity contribution < 1.29 is 14.1 Å². The fourth-order valence-electron chi connectivity index (χ4n) is 4.00. The summed E-state index contributed by atoms with van der Waals surface area (Å²) in [5, 5.41) is 20.9. The van der Waals surface area contributed by atoms with Gasteiger partial charge in [-0.3, -0.25) is 24.6 Å². The third-order valence-electron chi connectivity index (χ3n) is 5.87. The summed E-state index contributed by atoms with van der Waals surface area (Å²) in [6.07, 6.45) is 0.647. The van der Waals surface area contributed by atoms with E-state index in [1.54, 1.807) is 24.3 Å². The molecule has 2 aromatic heterocycles. The van der Waals surface area contributed by atoms with Gasteiger partial charge >= 0.3 is 0 Å². The molecule has 9 nitrogen and oxygen atoms in total. The summed E-state index contributed by atoms with van der Waals surface area (Å²) in [4.78, 5) is 39.2. The van der Waals surface area contributed by atoms with Crippen LogP contribution in [0.1, 0.15) is 50.8 Å². The lowest BCUT2D eigenvalue weighted by atomic mass is 9.97. The number of nitro benzene ring substituents is 1. The standard InChI is InChI=1S/C23H18N4O5S/c1-4-17-24-25-23(33-17)26-19(13-5-7-14(8-6-13)27(30)31)18-20(28)15-9-11(2)12(3)10-16(15)32-21(18)22(26)29/h5-10,19H,4H2,1-3H3/t19-/m1/s1. The molecule has 33 heavy (non-hydrogen) atoms. The summed E-state index contributed by atoms with van der Waals surface area (Å²) in [5.74, 6) is -0.545. The zero-order chi connectivity index (χ0) is 23.4. The predicted octanol–water partition coefficient (Wildman–Crippen LogP) is 4.48. The van der Waals surface area contributed by atoms with E-state index < -0.39 is 16.9 Å². The maximum absolute atomic E-state index is 13.6. The van der Waals surface area contributed by atoms with Crippen LogP contribution in [0, 0.1) is 24.0 Å². The summed E-state index contributed by atoms with van der Waals surface area (Å²) >= 11 is 1.26. The van der Waals surface area contributed by atoms with Gasteiger partial charge in [-0.15, -0.1) is 10.2 Å². The normalized spacial score (nSPS) is 15.3. The minimum Gasteiger partial charge on any atom is -0.450 e. The minimum atomic E-state index is -0.840. The Morgan fingerprint density at radius 1 is 1.12 bits per heavy atom. The molecule has 1 aliphatic heterocycles. The first-order chi connectivity index (χ1) is 15.8. The molecule has 0 fully saturated rings. The molecule has 0 radical (unpaired) electrons. The second-order valence-electron chi connectivity index (χ2n) is 7.86. The van der Waals surface area contributed by atoms with Gasteiger partial charge in [0.05, 0.1) is 21.9 Å². The molecule has 0 spiro atoms. The molecule has 166 valence electrons. The van der Waals surface area contributed by atoms with Gasteiger partial charge in [0.25, 0.3) is 11.6 Å². The summed E-state index contributed by atoms with van der Waals surface area (Å²) < 4.78 is 5.99. The molecule has 0 unspecified atom stereocenters. The van der Waals surface area contributed by atoms with Crippen molar-refractivity contribution in [1.82, 2.24) is 10.2 Å². The second-order valence-corrected chi connectivity index (χ2v) is 8.91. The Labute approximate surface area is 191 Å². The van der Waals surface area contributed by atoms with E-state index in [1.165, 1.54) is 28.4 Å². The van der Waals surface area contributed by atoms with Crippen LogP contribution in [0.15, 0.2) is 45.6 Å². The highest BCUT2D eigenvalue weighted by atomic mass is 32.1. The third-order valence-corrected chi connectivity index (χ3v) is 6.94. The molecule has 0 aliphatic carbocycles. The second kappa shape index (κ2) is 7.59. The van der Waals surface area contributed by atoms with Crippen molar-refractivity contribution in [3.05, 3.63) is 89.8 Å². The number of non-ortho nitro benzene ring substituents is 1. The number of hydrogen-bond donors (Lipinski definition) is 0. The van der Waals surface area contributed by atoms with E-state index >= 15 is 0 Å². The highest BCUT2D eigenvalue weighted by Crippen LogP contribution is 2.42. The highest BCUT2D eigenvalue weighted by molar-refractivity contribution is 7.15. The van der Waals surface area contributed by atoms with Crippen molar-refractivity contribution in [2.75, 3.05) is 4.90 Å². The van der Waals surface area contributed by atoms with Crippen molar-refractivity contribution >= 4 is 39.0 Å². The van der Waals surface area contributed by atoms with Gasteiger partial charge < -0.3 is 4.42 Å².